The normalized spacial score (nSPS) is 10.5. The molecule has 3 nitrogen and oxygen atoms in total. The van der Waals surface area contributed by atoms with Gasteiger partial charge in [-0.1, -0.05) is 12.8 Å². The van der Waals surface area contributed by atoms with Gasteiger partial charge in [0, 0.05) is 6.07 Å². The van der Waals surface area contributed by atoms with Crippen LogP contribution in [0, 0.1) is 0 Å². The van der Waals surface area contributed by atoms with Crippen LogP contribution in [-0.4, -0.2) is 16.1 Å². The molecule has 1 aromatic carbocycles. The molecule has 0 atom stereocenters. The van der Waals surface area contributed by atoms with Crippen LogP contribution >= 0.6 is 12.8 Å². The Morgan fingerprint density at radius 2 is 2.33 bits per heavy atom. The van der Waals surface area contributed by atoms with E-state index >= 15 is 0 Å². The van der Waals surface area contributed by atoms with Crippen molar-refractivity contribution in [2.45, 2.75) is 0 Å². The van der Waals surface area contributed by atoms with Gasteiger partial charge in [0.1, 0.15) is 12.1 Å². The smallest absolute Gasteiger partial charge is 0.121 e. The zero-order valence-electron chi connectivity index (χ0n) is 6.56. The fourth-order valence-corrected chi connectivity index (χ4v) is 1.33. The number of nitrogens with zero attached hydrogens (tertiary/aromatic N) is 2. The number of methoxy groups -OCH3 is 1. The van der Waals surface area contributed by atoms with Crippen LogP contribution in [0.5, 0.6) is 5.75 Å². The Labute approximate surface area is 75.5 Å². The lowest BCUT2D eigenvalue weighted by atomic mass is 10.3. The molecule has 0 aliphatic heterocycles. The van der Waals surface area contributed by atoms with Crippen LogP contribution in [0.15, 0.2) is 24.5 Å². The van der Waals surface area contributed by atoms with Crippen molar-refractivity contribution in [2.75, 3.05) is 7.11 Å². The predicted molar refractivity (Wildman–Crippen MR) is 50.7 cm³/mol. The van der Waals surface area contributed by atoms with Crippen LogP contribution in [0.25, 0.3) is 11.0 Å². The molecule has 0 aliphatic rings. The molecule has 12 heavy (non-hydrogen) atoms. The molecule has 2 aromatic rings. The van der Waals surface area contributed by atoms with Gasteiger partial charge < -0.3 is 4.74 Å². The molecule has 62 valence electrons. The maximum absolute atomic E-state index is 5.06. The minimum atomic E-state index is 0.814. The Hall–Kier alpha value is -1.16. The Bertz CT molecular complexity index is 410. The Morgan fingerprint density at radius 3 is 3.08 bits per heavy atom. The lowest BCUT2D eigenvalue weighted by Gasteiger charge is -1.98. The van der Waals surface area contributed by atoms with Crippen molar-refractivity contribution in [2.24, 2.45) is 0 Å². The van der Waals surface area contributed by atoms with Crippen molar-refractivity contribution in [1.82, 2.24) is 8.96 Å². The van der Waals surface area contributed by atoms with Crippen LogP contribution in [0.3, 0.4) is 0 Å². The monoisotopic (exact) mass is 180 g/mol. The zero-order chi connectivity index (χ0) is 8.55. The van der Waals surface area contributed by atoms with Gasteiger partial charge in [0.2, 0.25) is 0 Å². The fraction of sp³-hybridized carbons (Fsp3) is 0.125. The largest absolute Gasteiger partial charge is 0.497 e. The van der Waals surface area contributed by atoms with Crippen molar-refractivity contribution in [3.63, 3.8) is 0 Å². The molecule has 2 rings (SSSR count). The number of fused-ring (bicyclic) bond motifs is 1. The van der Waals surface area contributed by atoms with E-state index in [4.69, 9.17) is 4.74 Å². The van der Waals surface area contributed by atoms with Crippen molar-refractivity contribution >= 4 is 23.8 Å². The maximum atomic E-state index is 5.06. The minimum absolute atomic E-state index is 0.814. The van der Waals surface area contributed by atoms with Gasteiger partial charge in [-0.05, 0) is 12.1 Å². The number of aromatic nitrogens is 2. The van der Waals surface area contributed by atoms with Crippen molar-refractivity contribution < 1.29 is 4.74 Å². The molecule has 0 aliphatic carbocycles. The van der Waals surface area contributed by atoms with Crippen LogP contribution in [0.2, 0.25) is 0 Å². The molecule has 4 heteroatoms. The number of benzene rings is 1. The summed E-state index contributed by atoms with van der Waals surface area (Å²) in [4.78, 5) is 4.13. The van der Waals surface area contributed by atoms with E-state index in [1.54, 1.807) is 17.4 Å². The van der Waals surface area contributed by atoms with Crippen LogP contribution in [0.4, 0.5) is 0 Å². The first-order valence-corrected chi connectivity index (χ1v) is 3.91. The molecule has 0 radical (unpaired) electrons. The second-order valence-corrected chi connectivity index (χ2v) is 2.87. The molecule has 0 amide bonds. The highest BCUT2D eigenvalue weighted by Crippen LogP contribution is 2.19. The van der Waals surface area contributed by atoms with E-state index in [1.165, 1.54) is 0 Å². The number of hydrogen-bond donors (Lipinski definition) is 1. The first-order valence-electron chi connectivity index (χ1n) is 3.51. The van der Waals surface area contributed by atoms with E-state index < -0.39 is 0 Å². The molecule has 1 heterocycles. The average molecular weight is 180 g/mol. The second kappa shape index (κ2) is 2.71. The highest BCUT2D eigenvalue weighted by molar-refractivity contribution is 7.78. The molecule has 1 aromatic heterocycles. The summed E-state index contributed by atoms with van der Waals surface area (Å²) < 4.78 is 6.73. The molecule has 0 saturated carbocycles. The number of imidazole rings is 1. The third-order valence-electron chi connectivity index (χ3n) is 1.74. The second-order valence-electron chi connectivity index (χ2n) is 2.44. The molecule has 0 spiro atoms. The highest BCUT2D eigenvalue weighted by atomic mass is 32.1. The molecule has 0 fully saturated rings. The maximum Gasteiger partial charge on any atom is 0.121 e. The van der Waals surface area contributed by atoms with Gasteiger partial charge in [-0.25, -0.2) is 4.98 Å². The number of thiol groups is 1. The summed E-state index contributed by atoms with van der Waals surface area (Å²) >= 11 is 4.18. The van der Waals surface area contributed by atoms with Crippen molar-refractivity contribution in [3.8, 4) is 5.75 Å². The summed E-state index contributed by atoms with van der Waals surface area (Å²) in [5.74, 6) is 0.814. The summed E-state index contributed by atoms with van der Waals surface area (Å²) in [6.07, 6.45) is 1.66. The molecule has 0 N–H and O–H groups in total. The third-order valence-corrected chi connectivity index (χ3v) is 2.05. The first kappa shape index (κ1) is 7.49. The number of hydrogen-bond acceptors (Lipinski definition) is 3. The predicted octanol–water partition coefficient (Wildman–Crippen LogP) is 1.74. The van der Waals surface area contributed by atoms with E-state index in [9.17, 15) is 0 Å². The molecule has 0 unspecified atom stereocenters. The summed E-state index contributed by atoms with van der Waals surface area (Å²) in [7, 11) is 1.64. The molecule has 0 saturated heterocycles. The molecule has 0 bridgehead atoms. The third kappa shape index (κ3) is 1.04. The minimum Gasteiger partial charge on any atom is -0.497 e. The molecular formula is C8H8N2OS. The van der Waals surface area contributed by atoms with Gasteiger partial charge in [0.25, 0.3) is 0 Å². The van der Waals surface area contributed by atoms with Crippen molar-refractivity contribution in [3.05, 3.63) is 24.5 Å². The van der Waals surface area contributed by atoms with Gasteiger partial charge in [-0.2, -0.15) is 0 Å². The van der Waals surface area contributed by atoms with Gasteiger partial charge in [0.05, 0.1) is 18.1 Å². The first-order chi connectivity index (χ1) is 5.81. The van der Waals surface area contributed by atoms with E-state index in [0.717, 1.165) is 16.8 Å². The van der Waals surface area contributed by atoms with Crippen molar-refractivity contribution in [1.29, 1.82) is 0 Å². The van der Waals surface area contributed by atoms with Gasteiger partial charge in [0.15, 0.2) is 0 Å². The quantitative estimate of drug-likeness (QED) is 0.677. The SMILES string of the molecule is COc1ccc2c(c1)ncn2S. The van der Waals surface area contributed by atoms with E-state index in [-0.39, 0.29) is 0 Å². The fourth-order valence-electron chi connectivity index (χ4n) is 1.11. The Morgan fingerprint density at radius 1 is 1.50 bits per heavy atom. The van der Waals surface area contributed by atoms with E-state index in [0.29, 0.717) is 0 Å². The average Bonchev–Trinajstić information content (AvgIpc) is 2.47. The summed E-state index contributed by atoms with van der Waals surface area (Å²) in [6.45, 7) is 0. The van der Waals surface area contributed by atoms with Gasteiger partial charge in [-0.15, -0.1) is 0 Å². The van der Waals surface area contributed by atoms with E-state index in [2.05, 4.69) is 17.8 Å². The van der Waals surface area contributed by atoms with Gasteiger partial charge in [-0.3, -0.25) is 3.97 Å². The van der Waals surface area contributed by atoms with Crippen LogP contribution in [0.1, 0.15) is 0 Å². The Kier molecular flexibility index (Phi) is 1.69. The summed E-state index contributed by atoms with van der Waals surface area (Å²) in [6, 6.07) is 5.69. The van der Waals surface area contributed by atoms with Crippen LogP contribution < -0.4 is 4.74 Å². The zero-order valence-corrected chi connectivity index (χ0v) is 7.45. The highest BCUT2D eigenvalue weighted by Gasteiger charge is 2.00. The van der Waals surface area contributed by atoms with Gasteiger partial charge >= 0.3 is 0 Å². The Balaban J connectivity index is 2.69. The molecular weight excluding hydrogens is 172 g/mol. The lowest BCUT2D eigenvalue weighted by molar-refractivity contribution is 0.415. The summed E-state index contributed by atoms with van der Waals surface area (Å²) in [5.41, 5.74) is 1.88. The van der Waals surface area contributed by atoms with E-state index in [1.807, 2.05) is 18.2 Å². The topological polar surface area (TPSA) is 27.1 Å². The summed E-state index contributed by atoms with van der Waals surface area (Å²) in [5, 5.41) is 0. The standard InChI is InChI=1S/C8H8N2OS/c1-11-6-2-3-8-7(4-6)9-5-10(8)12/h2-5,12H,1H3. The number of rotatable bonds is 1. The lowest BCUT2D eigenvalue weighted by Crippen LogP contribution is -1.82. The van der Waals surface area contributed by atoms with Crippen LogP contribution in [-0.2, 0) is 0 Å². The number of ether oxygens (including phenoxy) is 1.